The maximum absolute atomic E-state index is 10.8. The number of aromatic carboxylic acids is 1. The van der Waals surface area contributed by atoms with Gasteiger partial charge in [-0.1, -0.05) is 11.8 Å². The van der Waals surface area contributed by atoms with Gasteiger partial charge in [-0.3, -0.25) is 0 Å². The number of nitrogens with two attached hydrogens (primary N) is 1. The van der Waals surface area contributed by atoms with Crippen LogP contribution in [-0.4, -0.2) is 11.1 Å². The van der Waals surface area contributed by atoms with Gasteiger partial charge in [-0.15, -0.1) is 0 Å². The summed E-state index contributed by atoms with van der Waals surface area (Å²) in [6.07, 6.45) is 0. The van der Waals surface area contributed by atoms with Crippen molar-refractivity contribution in [3.8, 4) is 0 Å². The fourth-order valence-electron chi connectivity index (χ4n) is 1.38. The maximum atomic E-state index is 10.8. The SMILES string of the molecule is Nc1ccc(Sc2ccc(C(=O)O)cc2Br)cc1. The summed E-state index contributed by atoms with van der Waals surface area (Å²) in [4.78, 5) is 12.8. The van der Waals surface area contributed by atoms with Crippen molar-refractivity contribution in [1.29, 1.82) is 0 Å². The first-order valence-corrected chi connectivity index (χ1v) is 6.73. The van der Waals surface area contributed by atoms with Crippen LogP contribution >= 0.6 is 27.7 Å². The average molecular weight is 324 g/mol. The monoisotopic (exact) mass is 323 g/mol. The molecule has 0 radical (unpaired) electrons. The van der Waals surface area contributed by atoms with Gasteiger partial charge in [-0.2, -0.15) is 0 Å². The third kappa shape index (κ3) is 3.05. The number of hydrogen-bond acceptors (Lipinski definition) is 3. The van der Waals surface area contributed by atoms with Crippen LogP contribution in [0.4, 0.5) is 5.69 Å². The molecule has 0 fully saturated rings. The van der Waals surface area contributed by atoms with E-state index in [1.54, 1.807) is 30.0 Å². The minimum Gasteiger partial charge on any atom is -0.478 e. The minimum absolute atomic E-state index is 0.267. The first-order valence-electron chi connectivity index (χ1n) is 5.12. The summed E-state index contributed by atoms with van der Waals surface area (Å²) in [7, 11) is 0. The van der Waals surface area contributed by atoms with Crippen LogP contribution in [0.1, 0.15) is 10.4 Å². The number of rotatable bonds is 3. The Hall–Kier alpha value is -1.46. The zero-order valence-corrected chi connectivity index (χ0v) is 11.7. The van der Waals surface area contributed by atoms with Gasteiger partial charge in [0.15, 0.2) is 0 Å². The summed E-state index contributed by atoms with van der Waals surface area (Å²) in [5.41, 5.74) is 6.61. The number of carboxylic acid groups (broad SMARTS) is 1. The molecule has 92 valence electrons. The number of carboxylic acids is 1. The van der Waals surface area contributed by atoms with Gasteiger partial charge in [0, 0.05) is 20.0 Å². The molecule has 0 atom stereocenters. The molecule has 0 spiro atoms. The Kier molecular flexibility index (Phi) is 3.93. The summed E-state index contributed by atoms with van der Waals surface area (Å²) in [6, 6.07) is 12.5. The molecule has 3 nitrogen and oxygen atoms in total. The van der Waals surface area contributed by atoms with Crippen molar-refractivity contribution >= 4 is 39.3 Å². The number of anilines is 1. The Balaban J connectivity index is 2.24. The van der Waals surface area contributed by atoms with E-state index in [4.69, 9.17) is 10.8 Å². The molecule has 0 unspecified atom stereocenters. The van der Waals surface area contributed by atoms with E-state index >= 15 is 0 Å². The van der Waals surface area contributed by atoms with Crippen LogP contribution in [0.3, 0.4) is 0 Å². The number of nitrogen functional groups attached to an aromatic ring is 1. The normalized spacial score (nSPS) is 10.3. The lowest BCUT2D eigenvalue weighted by Crippen LogP contribution is -1.95. The zero-order valence-electron chi connectivity index (χ0n) is 9.26. The minimum atomic E-state index is -0.931. The molecule has 0 aliphatic rings. The summed E-state index contributed by atoms with van der Waals surface area (Å²) in [5.74, 6) is -0.931. The second kappa shape index (κ2) is 5.46. The van der Waals surface area contributed by atoms with Crippen molar-refractivity contribution < 1.29 is 9.90 Å². The summed E-state index contributed by atoms with van der Waals surface area (Å²) >= 11 is 4.93. The molecule has 18 heavy (non-hydrogen) atoms. The highest BCUT2D eigenvalue weighted by Gasteiger charge is 2.07. The third-order valence-corrected chi connectivity index (χ3v) is 4.29. The maximum Gasteiger partial charge on any atom is 0.335 e. The van der Waals surface area contributed by atoms with E-state index in [0.717, 1.165) is 20.0 Å². The van der Waals surface area contributed by atoms with Crippen molar-refractivity contribution in [2.24, 2.45) is 0 Å². The van der Waals surface area contributed by atoms with E-state index in [1.165, 1.54) is 0 Å². The standard InChI is InChI=1S/C13H10BrNO2S/c14-11-7-8(13(16)17)1-6-12(11)18-10-4-2-9(15)3-5-10/h1-7H,15H2,(H,16,17). The summed E-state index contributed by atoms with van der Waals surface area (Å²) < 4.78 is 0.768. The highest BCUT2D eigenvalue weighted by atomic mass is 79.9. The molecule has 2 rings (SSSR count). The van der Waals surface area contributed by atoms with Crippen LogP contribution in [0, 0.1) is 0 Å². The van der Waals surface area contributed by atoms with Crippen LogP contribution in [0.2, 0.25) is 0 Å². The number of hydrogen-bond donors (Lipinski definition) is 2. The van der Waals surface area contributed by atoms with E-state index in [-0.39, 0.29) is 5.56 Å². The zero-order chi connectivity index (χ0) is 13.1. The van der Waals surface area contributed by atoms with Crippen LogP contribution in [0.25, 0.3) is 0 Å². The van der Waals surface area contributed by atoms with Gasteiger partial charge in [0.25, 0.3) is 0 Å². The fraction of sp³-hybridized carbons (Fsp3) is 0. The highest BCUT2D eigenvalue weighted by molar-refractivity contribution is 9.10. The lowest BCUT2D eigenvalue weighted by Gasteiger charge is -2.05. The van der Waals surface area contributed by atoms with Gasteiger partial charge in [-0.25, -0.2) is 4.79 Å². The molecule has 2 aromatic carbocycles. The van der Waals surface area contributed by atoms with Gasteiger partial charge in [0.1, 0.15) is 0 Å². The molecule has 0 bridgehead atoms. The molecule has 0 saturated carbocycles. The largest absolute Gasteiger partial charge is 0.478 e. The van der Waals surface area contributed by atoms with Crippen LogP contribution < -0.4 is 5.73 Å². The summed E-state index contributed by atoms with van der Waals surface area (Å²) in [6.45, 7) is 0. The van der Waals surface area contributed by atoms with Crippen molar-refractivity contribution in [3.63, 3.8) is 0 Å². The van der Waals surface area contributed by atoms with Crippen molar-refractivity contribution in [2.45, 2.75) is 9.79 Å². The Morgan fingerprint density at radius 3 is 2.39 bits per heavy atom. The number of halogens is 1. The predicted octanol–water partition coefficient (Wildman–Crippen LogP) is 3.88. The Morgan fingerprint density at radius 1 is 1.17 bits per heavy atom. The number of benzene rings is 2. The van der Waals surface area contributed by atoms with Crippen molar-refractivity contribution in [1.82, 2.24) is 0 Å². The van der Waals surface area contributed by atoms with E-state index in [1.807, 2.05) is 24.3 Å². The quantitative estimate of drug-likeness (QED) is 0.841. The van der Waals surface area contributed by atoms with Crippen molar-refractivity contribution in [3.05, 3.63) is 52.5 Å². The van der Waals surface area contributed by atoms with Gasteiger partial charge in [0.05, 0.1) is 5.56 Å². The van der Waals surface area contributed by atoms with E-state index in [0.29, 0.717) is 0 Å². The van der Waals surface area contributed by atoms with Gasteiger partial charge in [-0.05, 0) is 58.4 Å². The molecule has 5 heteroatoms. The first-order chi connectivity index (χ1) is 8.56. The van der Waals surface area contributed by atoms with E-state index in [2.05, 4.69) is 15.9 Å². The topological polar surface area (TPSA) is 63.3 Å². The Bertz CT molecular complexity index is 584. The molecule has 3 N–H and O–H groups in total. The van der Waals surface area contributed by atoms with E-state index in [9.17, 15) is 4.79 Å². The average Bonchev–Trinajstić information content (AvgIpc) is 2.34. The fourth-order valence-corrected chi connectivity index (χ4v) is 2.82. The molecule has 0 aromatic heterocycles. The predicted molar refractivity (Wildman–Crippen MR) is 76.1 cm³/mol. The van der Waals surface area contributed by atoms with E-state index < -0.39 is 5.97 Å². The third-order valence-electron chi connectivity index (χ3n) is 2.29. The second-order valence-electron chi connectivity index (χ2n) is 3.62. The molecule has 0 saturated heterocycles. The molecule has 0 aliphatic heterocycles. The molecule has 0 heterocycles. The van der Waals surface area contributed by atoms with Crippen molar-refractivity contribution in [2.75, 3.05) is 5.73 Å². The smallest absolute Gasteiger partial charge is 0.335 e. The first kappa shape index (κ1) is 13.0. The lowest BCUT2D eigenvalue weighted by molar-refractivity contribution is 0.0696. The lowest BCUT2D eigenvalue weighted by atomic mass is 10.2. The Morgan fingerprint density at radius 2 is 1.83 bits per heavy atom. The van der Waals surface area contributed by atoms with Gasteiger partial charge < -0.3 is 10.8 Å². The van der Waals surface area contributed by atoms with Crippen LogP contribution in [0.15, 0.2) is 56.7 Å². The van der Waals surface area contributed by atoms with Gasteiger partial charge in [0.2, 0.25) is 0 Å². The highest BCUT2D eigenvalue weighted by Crippen LogP contribution is 2.34. The molecular weight excluding hydrogens is 314 g/mol. The molecule has 0 amide bonds. The number of carbonyl (C=O) groups is 1. The second-order valence-corrected chi connectivity index (χ2v) is 5.59. The molecule has 0 aliphatic carbocycles. The Labute approximate surface area is 117 Å². The van der Waals surface area contributed by atoms with Crippen LogP contribution in [-0.2, 0) is 0 Å². The van der Waals surface area contributed by atoms with Gasteiger partial charge >= 0.3 is 5.97 Å². The molecule has 2 aromatic rings. The van der Waals surface area contributed by atoms with Crippen LogP contribution in [0.5, 0.6) is 0 Å². The summed E-state index contributed by atoms with van der Waals surface area (Å²) in [5, 5.41) is 8.88. The molecular formula is C13H10BrNO2S.